The fourth-order valence-corrected chi connectivity index (χ4v) is 22.8. The molecule has 72 heavy (non-hydrogen) atoms. The van der Waals surface area contributed by atoms with E-state index in [1.807, 2.05) is 13.8 Å². The van der Waals surface area contributed by atoms with Gasteiger partial charge in [-0.3, -0.25) is 9.59 Å². The molecular weight excluding hydrogens is 905 g/mol. The van der Waals surface area contributed by atoms with Crippen LogP contribution in [0.3, 0.4) is 0 Å². The van der Waals surface area contributed by atoms with Crippen molar-refractivity contribution in [3.8, 4) is 0 Å². The summed E-state index contributed by atoms with van der Waals surface area (Å²) >= 11 is 0. The van der Waals surface area contributed by atoms with Crippen LogP contribution in [0.4, 0.5) is 0 Å². The van der Waals surface area contributed by atoms with Crippen molar-refractivity contribution in [2.45, 2.75) is 245 Å². The summed E-state index contributed by atoms with van der Waals surface area (Å²) in [6.45, 7) is 32.2. The lowest BCUT2D eigenvalue weighted by Crippen LogP contribution is -2.64. The second kappa shape index (κ2) is 18.4. The molecule has 0 heterocycles. The van der Waals surface area contributed by atoms with Crippen LogP contribution in [0.5, 0.6) is 0 Å². The van der Waals surface area contributed by atoms with E-state index in [2.05, 4.69) is 68.5 Å². The number of methoxy groups -OCH3 is 2. The summed E-state index contributed by atoms with van der Waals surface area (Å²) in [5, 5.41) is 45.6. The van der Waals surface area contributed by atoms with Crippen LogP contribution in [0.15, 0.2) is 24.3 Å². The molecule has 0 unspecified atom stereocenters. The Hall–Kier alpha value is -1.82. The lowest BCUT2D eigenvalue weighted by atomic mass is 9.42. The molecule has 0 aromatic carbocycles. The number of carbonyl (C=O) groups excluding carboxylic acids is 2. The molecule has 4 N–H and O–H groups in total. The SMILES string of the molecule is C=C(C)[C@@H](CC[C@H](C)[C@@H]1CC[C@]2(C)[C@H]3[C@H](O)C[C@@H]4[C@@](C)(OC=O)[C@H](O)CC[C@]45C[C@]35CC[C@@]12C)OC.C=C(C)[C@H](CC[C@H](C)[C@@H]1CC[C@]2(C)[C@H]3[C@H](O)C[C@@H]4[C@@](C)(OC=O)[C@H](O)CC[C@]45C[C@]35CC[C@@]12C)OC. The first kappa shape index (κ1) is 55.0. The average Bonchev–Trinajstić information content (AvgIpc) is 4.11. The van der Waals surface area contributed by atoms with Gasteiger partial charge in [0.15, 0.2) is 0 Å². The van der Waals surface area contributed by atoms with E-state index in [0.717, 1.165) is 75.4 Å². The number of aliphatic hydroxyl groups excluding tert-OH is 4. The highest BCUT2D eigenvalue weighted by atomic mass is 16.6. The summed E-state index contributed by atoms with van der Waals surface area (Å²) in [5.41, 5.74) is 1.47. The highest BCUT2D eigenvalue weighted by molar-refractivity contribution is 5.42. The van der Waals surface area contributed by atoms with Gasteiger partial charge in [-0.2, -0.15) is 0 Å². The van der Waals surface area contributed by atoms with E-state index < -0.39 is 35.6 Å². The summed E-state index contributed by atoms with van der Waals surface area (Å²) in [7, 11) is 3.58. The number of carbonyl (C=O) groups is 2. The second-order valence-electron chi connectivity index (χ2n) is 28.8. The summed E-state index contributed by atoms with van der Waals surface area (Å²) in [4.78, 5) is 22.9. The molecule has 4 spiro atoms. The summed E-state index contributed by atoms with van der Waals surface area (Å²) < 4.78 is 22.7. The first-order chi connectivity index (χ1) is 33.7. The Bertz CT molecular complexity index is 1950. The van der Waals surface area contributed by atoms with Crippen molar-refractivity contribution in [2.75, 3.05) is 14.2 Å². The lowest BCUT2D eigenvalue weighted by molar-refractivity contribution is -0.230. The maximum absolute atomic E-state index is 11.9. The van der Waals surface area contributed by atoms with Crippen LogP contribution < -0.4 is 0 Å². The van der Waals surface area contributed by atoms with Gasteiger partial charge < -0.3 is 39.4 Å². The van der Waals surface area contributed by atoms with Crippen LogP contribution in [-0.2, 0) is 28.5 Å². The molecular formula is C62H100O10. The van der Waals surface area contributed by atoms with Crippen molar-refractivity contribution in [1.29, 1.82) is 0 Å². The van der Waals surface area contributed by atoms with Crippen molar-refractivity contribution in [3.05, 3.63) is 24.3 Å². The third-order valence-electron chi connectivity index (χ3n) is 26.8. The fourth-order valence-electron chi connectivity index (χ4n) is 22.8. The summed E-state index contributed by atoms with van der Waals surface area (Å²) in [5.74, 6) is 3.16. The van der Waals surface area contributed by atoms with Crippen molar-refractivity contribution < 1.29 is 49.0 Å². The van der Waals surface area contributed by atoms with E-state index in [1.165, 1.54) is 38.5 Å². The quantitative estimate of drug-likeness (QED) is 0.0869. The van der Waals surface area contributed by atoms with Crippen molar-refractivity contribution in [2.24, 2.45) is 90.7 Å². The van der Waals surface area contributed by atoms with Gasteiger partial charge in [0.25, 0.3) is 12.9 Å². The van der Waals surface area contributed by atoms with Gasteiger partial charge in [0.05, 0.1) is 36.6 Å². The number of hydrogen-bond donors (Lipinski definition) is 4. The van der Waals surface area contributed by atoms with Gasteiger partial charge in [-0.1, -0.05) is 65.8 Å². The fraction of sp³-hybridized carbons (Fsp3) is 0.903. The molecule has 0 aromatic heterocycles. The lowest BCUT2D eigenvalue weighted by Gasteiger charge is -2.64. The number of hydrogen-bond acceptors (Lipinski definition) is 10. The number of aliphatic hydroxyl groups is 4. The van der Waals surface area contributed by atoms with Crippen molar-refractivity contribution >= 4 is 12.9 Å². The Kier molecular flexibility index (Phi) is 14.0. The van der Waals surface area contributed by atoms with Gasteiger partial charge in [-0.15, -0.1) is 0 Å². The highest BCUT2D eigenvalue weighted by Crippen LogP contribution is 2.90. The van der Waals surface area contributed by atoms with Crippen molar-refractivity contribution in [3.63, 3.8) is 0 Å². The standard InChI is InChI=1S/2C31H50O5/c2*1-19(2)23(35-7)9-8-20(3)21-10-12-28(5)26-22(33)16-24-29(6,36-18-32)25(34)11-13-30(24)17-31(26,30)15-14-27(21,28)4/h2*18,20-26,33-34H,1,8-17H2,2-7H3/t20-,21-,22+,23+,24+,25+,26+,27-,28+,29+,30-,31+;20-,21-,22+,23-,24+,25+,26+,27-,28+,29+,30-,31+/m00/s1. The van der Waals surface area contributed by atoms with E-state index in [4.69, 9.17) is 18.9 Å². The third-order valence-corrected chi connectivity index (χ3v) is 26.8. The molecule has 0 aromatic rings. The van der Waals surface area contributed by atoms with Crippen LogP contribution in [0.25, 0.3) is 0 Å². The Morgan fingerprint density at radius 1 is 0.528 bits per heavy atom. The minimum atomic E-state index is -0.898. The zero-order valence-corrected chi connectivity index (χ0v) is 47.0. The topological polar surface area (TPSA) is 152 Å². The molecule has 10 aliphatic carbocycles. The second-order valence-corrected chi connectivity index (χ2v) is 28.8. The number of rotatable bonds is 16. The molecule has 0 saturated heterocycles. The number of fused-ring (bicyclic) bond motifs is 4. The molecule has 10 rings (SSSR count). The first-order valence-electron chi connectivity index (χ1n) is 29.0. The average molecular weight is 1010 g/mol. The molecule has 0 amide bonds. The van der Waals surface area contributed by atoms with Crippen LogP contribution in [0.1, 0.15) is 198 Å². The molecule has 10 saturated carbocycles. The van der Waals surface area contributed by atoms with Gasteiger partial charge in [0.1, 0.15) is 11.2 Å². The van der Waals surface area contributed by atoms with Crippen LogP contribution in [0, 0.1) is 90.7 Å². The van der Waals surface area contributed by atoms with Gasteiger partial charge >= 0.3 is 0 Å². The van der Waals surface area contributed by atoms with E-state index in [0.29, 0.717) is 62.3 Å². The van der Waals surface area contributed by atoms with Crippen molar-refractivity contribution in [1.82, 2.24) is 0 Å². The molecule has 0 radical (unpaired) electrons. The summed E-state index contributed by atoms with van der Waals surface area (Å²) in [6.07, 6.45) is 18.9. The number of ether oxygens (including phenoxy) is 4. The largest absolute Gasteiger partial charge is 0.458 e. The molecule has 0 aliphatic heterocycles. The smallest absolute Gasteiger partial charge is 0.293 e. The molecule has 10 nitrogen and oxygen atoms in total. The van der Waals surface area contributed by atoms with Gasteiger partial charge in [0, 0.05) is 26.1 Å². The first-order valence-corrected chi connectivity index (χ1v) is 29.0. The van der Waals surface area contributed by atoms with Gasteiger partial charge in [-0.05, 0) is 235 Å². The third kappa shape index (κ3) is 7.24. The predicted molar refractivity (Wildman–Crippen MR) is 280 cm³/mol. The van der Waals surface area contributed by atoms with Gasteiger partial charge in [0.2, 0.25) is 0 Å². The van der Waals surface area contributed by atoms with Crippen LogP contribution in [0.2, 0.25) is 0 Å². The van der Waals surface area contributed by atoms with Crippen LogP contribution in [-0.4, -0.2) is 95.4 Å². The normalized spacial score (nSPS) is 52.7. The van der Waals surface area contributed by atoms with E-state index >= 15 is 0 Å². The molecule has 10 heteroatoms. The molecule has 0 bridgehead atoms. The Labute approximate surface area is 435 Å². The highest BCUT2D eigenvalue weighted by Gasteiger charge is 2.86. The zero-order chi connectivity index (χ0) is 52.6. The van der Waals surface area contributed by atoms with Gasteiger partial charge in [-0.25, -0.2) is 0 Å². The molecule has 10 aliphatic rings. The Morgan fingerprint density at radius 3 is 1.21 bits per heavy atom. The zero-order valence-electron chi connectivity index (χ0n) is 47.0. The minimum absolute atomic E-state index is 0.0300. The maximum atomic E-state index is 11.9. The van der Waals surface area contributed by atoms with E-state index in [-0.39, 0.29) is 79.2 Å². The maximum Gasteiger partial charge on any atom is 0.293 e. The summed E-state index contributed by atoms with van der Waals surface area (Å²) in [6, 6.07) is 0. The van der Waals surface area contributed by atoms with Crippen LogP contribution >= 0.6 is 0 Å². The predicted octanol–water partition coefficient (Wildman–Crippen LogP) is 11.3. The Morgan fingerprint density at radius 2 is 0.889 bits per heavy atom. The Balaban J connectivity index is 0.000000178. The molecule has 24 atom stereocenters. The van der Waals surface area contributed by atoms with E-state index in [1.54, 1.807) is 14.2 Å². The molecule has 10 fully saturated rings. The minimum Gasteiger partial charge on any atom is -0.458 e. The molecule has 408 valence electrons. The van der Waals surface area contributed by atoms with E-state index in [9.17, 15) is 30.0 Å². The monoisotopic (exact) mass is 1000 g/mol.